The molecule has 2 amide bonds. The van der Waals surface area contributed by atoms with Crippen molar-refractivity contribution in [3.8, 4) is 5.75 Å². The van der Waals surface area contributed by atoms with E-state index in [4.69, 9.17) is 16.3 Å². The number of aromatic nitrogens is 2. The normalized spacial score (nSPS) is 14.4. The fraction of sp³-hybridized carbons (Fsp3) is 0.138. The largest absolute Gasteiger partial charge is 0.497 e. The number of allylic oxidation sites excluding steroid dienone is 1. The highest BCUT2D eigenvalue weighted by Gasteiger charge is 2.35. The van der Waals surface area contributed by atoms with Crippen molar-refractivity contribution in [2.24, 2.45) is 0 Å². The SMILES string of the molecule is COc1ccc(NC(=O)C2=C(C)Nc3c(C(=O)Nc4cccc(C)c4)cnn3C2c2ccc(Cl)cc2)cc1. The number of benzene rings is 3. The summed E-state index contributed by atoms with van der Waals surface area (Å²) in [5.41, 5.74) is 4.57. The van der Waals surface area contributed by atoms with Gasteiger partial charge in [0.05, 0.1) is 18.9 Å². The van der Waals surface area contributed by atoms with Crippen molar-refractivity contribution < 1.29 is 14.3 Å². The minimum absolute atomic E-state index is 0.299. The predicted molar refractivity (Wildman–Crippen MR) is 149 cm³/mol. The average molecular weight is 528 g/mol. The Morgan fingerprint density at radius 3 is 2.34 bits per heavy atom. The number of rotatable bonds is 6. The van der Waals surface area contributed by atoms with E-state index < -0.39 is 6.04 Å². The van der Waals surface area contributed by atoms with E-state index in [1.54, 1.807) is 48.2 Å². The third-order valence-electron chi connectivity index (χ3n) is 6.32. The highest BCUT2D eigenvalue weighted by molar-refractivity contribution is 6.30. The fourth-order valence-corrected chi connectivity index (χ4v) is 4.59. The molecule has 1 aliphatic heterocycles. The molecule has 4 aromatic rings. The lowest BCUT2D eigenvalue weighted by Crippen LogP contribution is -2.32. The van der Waals surface area contributed by atoms with Gasteiger partial charge in [-0.05, 0) is 73.5 Å². The summed E-state index contributed by atoms with van der Waals surface area (Å²) >= 11 is 6.15. The molecule has 5 rings (SSSR count). The molecule has 0 aliphatic carbocycles. The number of nitrogens with one attached hydrogen (secondary N) is 3. The first-order valence-corrected chi connectivity index (χ1v) is 12.4. The first-order valence-electron chi connectivity index (χ1n) is 12.0. The molecule has 9 heteroatoms. The zero-order chi connectivity index (χ0) is 26.8. The van der Waals surface area contributed by atoms with Crippen molar-refractivity contribution in [1.29, 1.82) is 0 Å². The topological polar surface area (TPSA) is 97.3 Å². The first-order chi connectivity index (χ1) is 18.3. The molecule has 1 aromatic heterocycles. The fourth-order valence-electron chi connectivity index (χ4n) is 4.46. The van der Waals surface area contributed by atoms with Gasteiger partial charge in [0.1, 0.15) is 23.2 Å². The molecular formula is C29H26ClN5O3. The Morgan fingerprint density at radius 2 is 1.66 bits per heavy atom. The summed E-state index contributed by atoms with van der Waals surface area (Å²) in [6.45, 7) is 3.77. The van der Waals surface area contributed by atoms with Gasteiger partial charge in [-0.1, -0.05) is 35.9 Å². The van der Waals surface area contributed by atoms with Crippen molar-refractivity contribution in [2.45, 2.75) is 19.9 Å². The highest BCUT2D eigenvalue weighted by atomic mass is 35.5. The molecule has 3 N–H and O–H groups in total. The summed E-state index contributed by atoms with van der Waals surface area (Å²) in [5.74, 6) is 0.577. The lowest BCUT2D eigenvalue weighted by Gasteiger charge is -2.30. The maximum absolute atomic E-state index is 13.6. The van der Waals surface area contributed by atoms with Crippen LogP contribution < -0.4 is 20.7 Å². The van der Waals surface area contributed by atoms with Gasteiger partial charge >= 0.3 is 0 Å². The van der Waals surface area contributed by atoms with Gasteiger partial charge in [-0.3, -0.25) is 9.59 Å². The summed E-state index contributed by atoms with van der Waals surface area (Å²) < 4.78 is 6.87. The molecular weight excluding hydrogens is 502 g/mol. The molecule has 8 nitrogen and oxygen atoms in total. The molecule has 0 bridgehead atoms. The van der Waals surface area contributed by atoms with Crippen molar-refractivity contribution >= 4 is 40.6 Å². The van der Waals surface area contributed by atoms with Crippen LogP contribution in [0, 0.1) is 6.92 Å². The zero-order valence-corrected chi connectivity index (χ0v) is 21.8. The van der Waals surface area contributed by atoms with Crippen molar-refractivity contribution in [3.05, 3.63) is 112 Å². The van der Waals surface area contributed by atoms with E-state index in [9.17, 15) is 9.59 Å². The summed E-state index contributed by atoms with van der Waals surface area (Å²) in [6.07, 6.45) is 1.51. The number of hydrogen-bond acceptors (Lipinski definition) is 5. The number of ether oxygens (including phenoxy) is 1. The first kappa shape index (κ1) is 25.1. The Kier molecular flexibility index (Phi) is 6.89. The molecule has 192 valence electrons. The van der Waals surface area contributed by atoms with Crippen LogP contribution in [-0.2, 0) is 4.79 Å². The second kappa shape index (κ2) is 10.4. The molecule has 3 aromatic carbocycles. The number of carbonyl (C=O) groups is 2. The van der Waals surface area contributed by atoms with Gasteiger partial charge in [0.15, 0.2) is 0 Å². The third kappa shape index (κ3) is 4.99. The molecule has 1 atom stereocenters. The van der Waals surface area contributed by atoms with Gasteiger partial charge in [0, 0.05) is 22.1 Å². The van der Waals surface area contributed by atoms with E-state index >= 15 is 0 Å². The quantitative estimate of drug-likeness (QED) is 0.284. The Morgan fingerprint density at radius 1 is 0.947 bits per heavy atom. The molecule has 0 saturated heterocycles. The number of amides is 2. The van der Waals surface area contributed by atoms with Crippen molar-refractivity contribution in [3.63, 3.8) is 0 Å². The number of methoxy groups -OCH3 is 1. The van der Waals surface area contributed by atoms with E-state index in [1.165, 1.54) is 6.20 Å². The molecule has 0 saturated carbocycles. The van der Waals surface area contributed by atoms with Crippen LogP contribution in [0.5, 0.6) is 5.75 Å². The number of halogens is 1. The van der Waals surface area contributed by atoms with E-state index in [1.807, 2.05) is 50.2 Å². The van der Waals surface area contributed by atoms with Crippen LogP contribution in [0.2, 0.25) is 5.02 Å². The smallest absolute Gasteiger partial charge is 0.261 e. The van der Waals surface area contributed by atoms with Gasteiger partial charge in [-0.15, -0.1) is 0 Å². The third-order valence-corrected chi connectivity index (χ3v) is 6.57. The van der Waals surface area contributed by atoms with Crippen LogP contribution in [0.3, 0.4) is 0 Å². The maximum Gasteiger partial charge on any atom is 0.261 e. The number of fused-ring (bicyclic) bond motifs is 1. The maximum atomic E-state index is 13.6. The number of aryl methyl sites for hydroxylation is 1. The second-order valence-electron chi connectivity index (χ2n) is 8.98. The number of carbonyl (C=O) groups excluding carboxylic acids is 2. The number of nitrogens with zero attached hydrogens (tertiary/aromatic N) is 2. The molecule has 1 unspecified atom stereocenters. The Balaban J connectivity index is 1.52. The van der Waals surface area contributed by atoms with Crippen molar-refractivity contribution in [1.82, 2.24) is 9.78 Å². The lowest BCUT2D eigenvalue weighted by molar-refractivity contribution is -0.113. The second-order valence-corrected chi connectivity index (χ2v) is 9.41. The molecule has 38 heavy (non-hydrogen) atoms. The van der Waals surface area contributed by atoms with Gasteiger partial charge in [0.25, 0.3) is 11.8 Å². The van der Waals surface area contributed by atoms with Crippen LogP contribution in [-0.4, -0.2) is 28.7 Å². The highest BCUT2D eigenvalue weighted by Crippen LogP contribution is 2.38. The van der Waals surface area contributed by atoms with E-state index in [0.29, 0.717) is 44.8 Å². The summed E-state index contributed by atoms with van der Waals surface area (Å²) in [7, 11) is 1.59. The Hall–Kier alpha value is -4.56. The Labute approximate surface area is 225 Å². The summed E-state index contributed by atoms with van der Waals surface area (Å²) in [4.78, 5) is 26.9. The molecule has 0 fully saturated rings. The van der Waals surface area contributed by atoms with E-state index in [-0.39, 0.29) is 11.8 Å². The standard InChI is InChI=1S/C29H26ClN5O3/c1-17-5-4-6-22(15-17)34-28(36)24-16-31-35-26(19-7-9-20(30)10-8-19)25(18(2)32-27(24)35)29(37)33-21-11-13-23(38-3)14-12-21/h4-16,26,32H,1-3H3,(H,33,37)(H,34,36). The average Bonchev–Trinajstić information content (AvgIpc) is 3.32. The number of hydrogen-bond donors (Lipinski definition) is 3. The molecule has 0 radical (unpaired) electrons. The van der Waals surface area contributed by atoms with E-state index in [0.717, 1.165) is 11.1 Å². The monoisotopic (exact) mass is 527 g/mol. The predicted octanol–water partition coefficient (Wildman–Crippen LogP) is 6.03. The van der Waals surface area contributed by atoms with Crippen LogP contribution in [0.15, 0.2) is 90.3 Å². The van der Waals surface area contributed by atoms with Gasteiger partial charge in [0.2, 0.25) is 0 Å². The van der Waals surface area contributed by atoms with Gasteiger partial charge < -0.3 is 20.7 Å². The van der Waals surface area contributed by atoms with Gasteiger partial charge in [-0.2, -0.15) is 5.10 Å². The van der Waals surface area contributed by atoms with Crippen LogP contribution in [0.25, 0.3) is 0 Å². The minimum Gasteiger partial charge on any atom is -0.497 e. The molecule has 2 heterocycles. The molecule has 0 spiro atoms. The summed E-state index contributed by atoms with van der Waals surface area (Å²) in [6, 6.07) is 21.3. The summed E-state index contributed by atoms with van der Waals surface area (Å²) in [5, 5.41) is 14.3. The van der Waals surface area contributed by atoms with Gasteiger partial charge in [-0.25, -0.2) is 4.68 Å². The minimum atomic E-state index is -0.595. The van der Waals surface area contributed by atoms with Crippen LogP contribution in [0.1, 0.15) is 34.5 Å². The van der Waals surface area contributed by atoms with Crippen molar-refractivity contribution in [2.75, 3.05) is 23.1 Å². The Bertz CT molecular complexity index is 1540. The lowest BCUT2D eigenvalue weighted by atomic mass is 9.94. The van der Waals surface area contributed by atoms with Crippen LogP contribution in [0.4, 0.5) is 17.2 Å². The van der Waals surface area contributed by atoms with E-state index in [2.05, 4.69) is 21.0 Å². The zero-order valence-electron chi connectivity index (χ0n) is 21.1. The number of anilines is 3. The van der Waals surface area contributed by atoms with Crippen LogP contribution >= 0.6 is 11.6 Å². The molecule has 1 aliphatic rings.